The Hall–Kier alpha value is -1.55. The zero-order chi connectivity index (χ0) is 16.3. The smallest absolute Gasteiger partial charge is 0.191 e. The first-order chi connectivity index (χ1) is 11.3. The van der Waals surface area contributed by atoms with E-state index >= 15 is 0 Å². The summed E-state index contributed by atoms with van der Waals surface area (Å²) in [5, 5.41) is 6.69. The molecular weight excluding hydrogens is 284 g/mol. The minimum Gasteiger partial charge on any atom is -0.356 e. The molecular formula is C19H32N4. The van der Waals surface area contributed by atoms with Crippen LogP contribution in [0.25, 0.3) is 0 Å². The normalized spacial score (nSPS) is 16.9. The van der Waals surface area contributed by atoms with Gasteiger partial charge < -0.3 is 10.6 Å². The maximum absolute atomic E-state index is 4.25. The van der Waals surface area contributed by atoms with Gasteiger partial charge in [-0.2, -0.15) is 0 Å². The zero-order valence-electron chi connectivity index (χ0n) is 14.8. The molecule has 0 saturated carbocycles. The number of rotatable bonds is 6. The highest BCUT2D eigenvalue weighted by molar-refractivity contribution is 5.79. The molecule has 0 aliphatic carbocycles. The van der Waals surface area contributed by atoms with E-state index in [1.54, 1.807) is 0 Å². The van der Waals surface area contributed by atoms with Crippen LogP contribution in [-0.4, -0.2) is 37.5 Å². The van der Waals surface area contributed by atoms with Crippen molar-refractivity contribution in [3.05, 3.63) is 35.4 Å². The summed E-state index contributed by atoms with van der Waals surface area (Å²) in [6.07, 6.45) is 6.59. The van der Waals surface area contributed by atoms with Crippen LogP contribution in [0.2, 0.25) is 0 Å². The van der Waals surface area contributed by atoms with Crippen molar-refractivity contribution >= 4 is 5.96 Å². The number of likely N-dealkylation sites (tertiary alicyclic amines) is 1. The van der Waals surface area contributed by atoms with Crippen molar-refractivity contribution in [3.63, 3.8) is 0 Å². The van der Waals surface area contributed by atoms with Gasteiger partial charge in [0.2, 0.25) is 0 Å². The molecule has 0 radical (unpaired) electrons. The van der Waals surface area contributed by atoms with Crippen molar-refractivity contribution in [3.8, 4) is 0 Å². The molecule has 4 heteroatoms. The Bertz CT molecular complexity index is 476. The molecule has 1 aromatic rings. The van der Waals surface area contributed by atoms with E-state index in [2.05, 4.69) is 51.7 Å². The molecule has 0 unspecified atom stereocenters. The van der Waals surface area contributed by atoms with E-state index in [0.717, 1.165) is 32.0 Å². The van der Waals surface area contributed by atoms with Crippen LogP contribution in [0.15, 0.2) is 29.3 Å². The summed E-state index contributed by atoms with van der Waals surface area (Å²) in [6.45, 7) is 7.50. The molecule has 1 fully saturated rings. The van der Waals surface area contributed by atoms with Gasteiger partial charge in [-0.15, -0.1) is 0 Å². The maximum Gasteiger partial charge on any atom is 0.191 e. The van der Waals surface area contributed by atoms with E-state index in [0.29, 0.717) is 0 Å². The number of hydrogen-bond donors (Lipinski definition) is 2. The first kappa shape index (κ1) is 17.8. The summed E-state index contributed by atoms with van der Waals surface area (Å²) < 4.78 is 0. The SMILES string of the molecule is CCCNC(=NC)NCc1cccc(CN2CCCCCC2)c1. The van der Waals surface area contributed by atoms with Crippen LogP contribution in [-0.2, 0) is 13.1 Å². The molecule has 2 rings (SSSR count). The molecule has 0 amide bonds. The zero-order valence-corrected chi connectivity index (χ0v) is 14.8. The Morgan fingerprint density at radius 2 is 1.83 bits per heavy atom. The third-order valence-electron chi connectivity index (χ3n) is 4.32. The molecule has 1 aromatic carbocycles. The largest absolute Gasteiger partial charge is 0.356 e. The minimum atomic E-state index is 0.817. The Morgan fingerprint density at radius 1 is 1.09 bits per heavy atom. The number of benzene rings is 1. The second-order valence-electron chi connectivity index (χ2n) is 6.36. The van der Waals surface area contributed by atoms with E-state index in [1.807, 2.05) is 7.05 Å². The van der Waals surface area contributed by atoms with Gasteiger partial charge in [0.05, 0.1) is 0 Å². The van der Waals surface area contributed by atoms with Crippen LogP contribution < -0.4 is 10.6 Å². The third kappa shape index (κ3) is 6.61. The molecule has 0 spiro atoms. The average molecular weight is 316 g/mol. The van der Waals surface area contributed by atoms with Crippen molar-refractivity contribution in [1.82, 2.24) is 15.5 Å². The predicted molar refractivity (Wildman–Crippen MR) is 98.7 cm³/mol. The lowest BCUT2D eigenvalue weighted by molar-refractivity contribution is 0.277. The maximum atomic E-state index is 4.25. The van der Waals surface area contributed by atoms with Gasteiger partial charge in [0, 0.05) is 26.7 Å². The first-order valence-corrected chi connectivity index (χ1v) is 9.06. The van der Waals surface area contributed by atoms with Gasteiger partial charge in [0.25, 0.3) is 0 Å². The van der Waals surface area contributed by atoms with Gasteiger partial charge in [-0.1, -0.05) is 44.0 Å². The summed E-state index contributed by atoms with van der Waals surface area (Å²) in [5.74, 6) is 0.879. The molecule has 4 nitrogen and oxygen atoms in total. The second kappa shape index (κ2) is 10.3. The van der Waals surface area contributed by atoms with Crippen molar-refractivity contribution in [2.45, 2.75) is 52.1 Å². The number of hydrogen-bond acceptors (Lipinski definition) is 2. The Labute approximate surface area is 141 Å². The van der Waals surface area contributed by atoms with Gasteiger partial charge in [-0.25, -0.2) is 0 Å². The minimum absolute atomic E-state index is 0.817. The van der Waals surface area contributed by atoms with Crippen LogP contribution in [0.4, 0.5) is 0 Å². The van der Waals surface area contributed by atoms with Crippen molar-refractivity contribution < 1.29 is 0 Å². The number of nitrogens with one attached hydrogen (secondary N) is 2. The van der Waals surface area contributed by atoms with E-state index in [1.165, 1.54) is 49.9 Å². The molecule has 1 heterocycles. The summed E-state index contributed by atoms with van der Waals surface area (Å²) in [6, 6.07) is 8.93. The van der Waals surface area contributed by atoms with Crippen LogP contribution in [0.1, 0.15) is 50.2 Å². The van der Waals surface area contributed by atoms with Crippen molar-refractivity contribution in [1.29, 1.82) is 0 Å². The molecule has 1 aliphatic heterocycles. The van der Waals surface area contributed by atoms with Crippen LogP contribution in [0.3, 0.4) is 0 Å². The second-order valence-corrected chi connectivity index (χ2v) is 6.36. The number of guanidine groups is 1. The van der Waals surface area contributed by atoms with Crippen LogP contribution in [0.5, 0.6) is 0 Å². The highest BCUT2D eigenvalue weighted by Gasteiger charge is 2.09. The molecule has 1 saturated heterocycles. The summed E-state index contributed by atoms with van der Waals surface area (Å²) >= 11 is 0. The Morgan fingerprint density at radius 3 is 2.52 bits per heavy atom. The summed E-state index contributed by atoms with van der Waals surface area (Å²) in [4.78, 5) is 6.85. The third-order valence-corrected chi connectivity index (χ3v) is 4.32. The fourth-order valence-electron chi connectivity index (χ4n) is 3.04. The lowest BCUT2D eigenvalue weighted by atomic mass is 10.1. The van der Waals surface area contributed by atoms with Crippen LogP contribution in [0, 0.1) is 0 Å². The Balaban J connectivity index is 1.86. The molecule has 0 aromatic heterocycles. The molecule has 1 aliphatic rings. The fourth-order valence-corrected chi connectivity index (χ4v) is 3.04. The Kier molecular flexibility index (Phi) is 7.95. The molecule has 2 N–H and O–H groups in total. The fraction of sp³-hybridized carbons (Fsp3) is 0.632. The van der Waals surface area contributed by atoms with E-state index < -0.39 is 0 Å². The topological polar surface area (TPSA) is 39.7 Å². The van der Waals surface area contributed by atoms with E-state index in [9.17, 15) is 0 Å². The molecule has 128 valence electrons. The highest BCUT2D eigenvalue weighted by atomic mass is 15.2. The number of nitrogens with zero attached hydrogens (tertiary/aromatic N) is 2. The van der Waals surface area contributed by atoms with E-state index in [-0.39, 0.29) is 0 Å². The van der Waals surface area contributed by atoms with Gasteiger partial charge in [-0.05, 0) is 43.5 Å². The molecule has 0 bridgehead atoms. The van der Waals surface area contributed by atoms with Gasteiger partial charge >= 0.3 is 0 Å². The quantitative estimate of drug-likeness (QED) is 0.626. The lowest BCUT2D eigenvalue weighted by Gasteiger charge is -2.20. The highest BCUT2D eigenvalue weighted by Crippen LogP contribution is 2.14. The van der Waals surface area contributed by atoms with Crippen molar-refractivity contribution in [2.75, 3.05) is 26.7 Å². The predicted octanol–water partition coefficient (Wildman–Crippen LogP) is 3.14. The summed E-state index contributed by atoms with van der Waals surface area (Å²) in [5.41, 5.74) is 2.74. The van der Waals surface area contributed by atoms with Gasteiger partial charge in [0.15, 0.2) is 5.96 Å². The van der Waals surface area contributed by atoms with E-state index in [4.69, 9.17) is 0 Å². The number of aliphatic imine (C=N–C) groups is 1. The molecule has 0 atom stereocenters. The standard InChI is InChI=1S/C19H32N4/c1-3-11-21-19(20-2)22-15-17-9-8-10-18(14-17)16-23-12-6-4-5-7-13-23/h8-10,14H,3-7,11-13,15-16H2,1-2H3,(H2,20,21,22). The monoisotopic (exact) mass is 316 g/mol. The van der Waals surface area contributed by atoms with Gasteiger partial charge in [0.1, 0.15) is 0 Å². The lowest BCUT2D eigenvalue weighted by Crippen LogP contribution is -2.37. The molecule has 23 heavy (non-hydrogen) atoms. The van der Waals surface area contributed by atoms with Crippen LogP contribution >= 0.6 is 0 Å². The average Bonchev–Trinajstić information content (AvgIpc) is 2.84. The van der Waals surface area contributed by atoms with Gasteiger partial charge in [-0.3, -0.25) is 9.89 Å². The summed E-state index contributed by atoms with van der Waals surface area (Å²) in [7, 11) is 1.82. The van der Waals surface area contributed by atoms with Crippen molar-refractivity contribution in [2.24, 2.45) is 4.99 Å². The first-order valence-electron chi connectivity index (χ1n) is 9.06.